The Hall–Kier alpha value is -3.59. The fourth-order valence-electron chi connectivity index (χ4n) is 4.00. The summed E-state index contributed by atoms with van der Waals surface area (Å²) in [5.41, 5.74) is 1.90. The maximum atomic E-state index is 13.5. The third-order valence-corrected chi connectivity index (χ3v) is 5.72. The van der Waals surface area contributed by atoms with E-state index in [1.165, 1.54) is 16.8 Å². The number of methoxy groups -OCH3 is 3. The van der Waals surface area contributed by atoms with Crippen molar-refractivity contribution in [3.05, 3.63) is 65.7 Å². The Morgan fingerprint density at radius 3 is 2.39 bits per heavy atom. The first-order chi connectivity index (χ1) is 16.0. The Balaban J connectivity index is 1.39. The Labute approximate surface area is 192 Å². The zero-order chi connectivity index (χ0) is 23.4. The smallest absolute Gasteiger partial charge is 0.274 e. The minimum Gasteiger partial charge on any atom is -0.493 e. The van der Waals surface area contributed by atoms with Crippen LogP contribution < -0.4 is 14.2 Å². The van der Waals surface area contributed by atoms with E-state index in [4.69, 9.17) is 14.2 Å². The highest BCUT2D eigenvalue weighted by Gasteiger charge is 2.25. The van der Waals surface area contributed by atoms with Crippen molar-refractivity contribution in [3.8, 4) is 22.9 Å². The quantitative estimate of drug-likeness (QED) is 0.547. The SMILES string of the molecule is COc1ccc(CN2CCN(C(=O)c3ccn(-c4cccc(F)c4)n3)CC2)c(OC)c1OC. The van der Waals surface area contributed by atoms with Gasteiger partial charge in [-0.15, -0.1) is 0 Å². The number of carbonyl (C=O) groups excluding carboxylic acids is 1. The van der Waals surface area contributed by atoms with E-state index in [9.17, 15) is 9.18 Å². The first kappa shape index (κ1) is 22.6. The van der Waals surface area contributed by atoms with Gasteiger partial charge in [0.25, 0.3) is 5.91 Å². The van der Waals surface area contributed by atoms with Crippen LogP contribution in [0.25, 0.3) is 5.69 Å². The van der Waals surface area contributed by atoms with Gasteiger partial charge >= 0.3 is 0 Å². The number of hydrogen-bond acceptors (Lipinski definition) is 6. The van der Waals surface area contributed by atoms with Crippen LogP contribution in [0.5, 0.6) is 17.2 Å². The molecule has 1 saturated heterocycles. The molecule has 8 nitrogen and oxygen atoms in total. The van der Waals surface area contributed by atoms with E-state index in [0.29, 0.717) is 61.4 Å². The van der Waals surface area contributed by atoms with Crippen molar-refractivity contribution < 1.29 is 23.4 Å². The molecule has 1 amide bonds. The van der Waals surface area contributed by atoms with Gasteiger partial charge in [-0.1, -0.05) is 12.1 Å². The number of benzene rings is 2. The summed E-state index contributed by atoms with van der Waals surface area (Å²) in [7, 11) is 4.79. The molecule has 1 fully saturated rings. The van der Waals surface area contributed by atoms with Gasteiger partial charge in [0.2, 0.25) is 5.75 Å². The lowest BCUT2D eigenvalue weighted by Gasteiger charge is -2.34. The van der Waals surface area contributed by atoms with Gasteiger partial charge in [-0.25, -0.2) is 9.07 Å². The number of nitrogens with zero attached hydrogens (tertiary/aromatic N) is 4. The first-order valence-corrected chi connectivity index (χ1v) is 10.6. The number of ether oxygens (including phenoxy) is 3. The fourth-order valence-corrected chi connectivity index (χ4v) is 4.00. The fraction of sp³-hybridized carbons (Fsp3) is 0.333. The van der Waals surface area contributed by atoms with Crippen LogP contribution in [0, 0.1) is 5.82 Å². The van der Waals surface area contributed by atoms with Crippen molar-refractivity contribution in [1.82, 2.24) is 19.6 Å². The standard InChI is InChI=1S/C24H27FN4O4/c1-31-21-8-7-17(22(32-2)23(21)33-3)16-27-11-13-28(14-12-27)24(30)20-9-10-29(26-20)19-6-4-5-18(25)15-19/h4-10,15H,11-14,16H2,1-3H3. The molecule has 1 aromatic heterocycles. The van der Waals surface area contributed by atoms with Gasteiger partial charge in [0.15, 0.2) is 17.2 Å². The second-order valence-corrected chi connectivity index (χ2v) is 7.69. The second kappa shape index (κ2) is 9.91. The maximum Gasteiger partial charge on any atom is 0.274 e. The molecular weight excluding hydrogens is 427 g/mol. The average molecular weight is 455 g/mol. The van der Waals surface area contributed by atoms with Crippen LogP contribution in [-0.2, 0) is 6.54 Å². The number of halogens is 1. The lowest BCUT2D eigenvalue weighted by atomic mass is 10.1. The number of aromatic nitrogens is 2. The Morgan fingerprint density at radius 1 is 0.970 bits per heavy atom. The van der Waals surface area contributed by atoms with Crippen LogP contribution in [0.4, 0.5) is 4.39 Å². The molecule has 1 aliphatic rings. The molecule has 0 unspecified atom stereocenters. The van der Waals surface area contributed by atoms with Crippen LogP contribution >= 0.6 is 0 Å². The van der Waals surface area contributed by atoms with Crippen LogP contribution in [0.1, 0.15) is 16.1 Å². The molecule has 2 heterocycles. The number of amides is 1. The van der Waals surface area contributed by atoms with Gasteiger partial charge in [0.05, 0.1) is 27.0 Å². The largest absolute Gasteiger partial charge is 0.493 e. The molecule has 0 radical (unpaired) electrons. The monoisotopic (exact) mass is 454 g/mol. The topological polar surface area (TPSA) is 69.1 Å². The highest BCUT2D eigenvalue weighted by Crippen LogP contribution is 2.40. The van der Waals surface area contributed by atoms with Gasteiger partial charge in [-0.05, 0) is 30.3 Å². The summed E-state index contributed by atoms with van der Waals surface area (Å²) in [4.78, 5) is 17.0. The molecule has 4 rings (SSSR count). The van der Waals surface area contributed by atoms with E-state index < -0.39 is 0 Å². The summed E-state index contributed by atoms with van der Waals surface area (Å²) in [6, 6.07) is 11.6. The molecule has 0 bridgehead atoms. The summed E-state index contributed by atoms with van der Waals surface area (Å²) in [6.45, 7) is 3.27. The Kier molecular flexibility index (Phi) is 6.79. The predicted molar refractivity (Wildman–Crippen MR) is 121 cm³/mol. The third kappa shape index (κ3) is 4.78. The minimum absolute atomic E-state index is 0.131. The molecule has 0 atom stereocenters. The highest BCUT2D eigenvalue weighted by atomic mass is 19.1. The third-order valence-electron chi connectivity index (χ3n) is 5.72. The van der Waals surface area contributed by atoms with E-state index >= 15 is 0 Å². The molecular formula is C24H27FN4O4. The van der Waals surface area contributed by atoms with Crippen LogP contribution in [0.15, 0.2) is 48.7 Å². The van der Waals surface area contributed by atoms with Crippen molar-refractivity contribution in [2.75, 3.05) is 47.5 Å². The van der Waals surface area contributed by atoms with Crippen molar-refractivity contribution in [1.29, 1.82) is 0 Å². The van der Waals surface area contributed by atoms with Crippen LogP contribution in [-0.4, -0.2) is 73.0 Å². The maximum absolute atomic E-state index is 13.5. The summed E-state index contributed by atoms with van der Waals surface area (Å²) in [5.74, 6) is 1.36. The Bertz CT molecular complexity index is 1130. The average Bonchev–Trinajstić information content (AvgIpc) is 3.34. The van der Waals surface area contributed by atoms with Gasteiger partial charge in [0, 0.05) is 44.5 Å². The second-order valence-electron chi connectivity index (χ2n) is 7.69. The zero-order valence-electron chi connectivity index (χ0n) is 19.0. The zero-order valence-corrected chi connectivity index (χ0v) is 19.0. The van der Waals surface area contributed by atoms with Gasteiger partial charge in [-0.2, -0.15) is 5.10 Å². The molecule has 3 aromatic rings. The van der Waals surface area contributed by atoms with Crippen molar-refractivity contribution in [2.45, 2.75) is 6.54 Å². The molecule has 2 aromatic carbocycles. The first-order valence-electron chi connectivity index (χ1n) is 10.6. The lowest BCUT2D eigenvalue weighted by Crippen LogP contribution is -2.48. The number of carbonyl (C=O) groups is 1. The summed E-state index contributed by atoms with van der Waals surface area (Å²) >= 11 is 0. The Morgan fingerprint density at radius 2 is 1.73 bits per heavy atom. The van der Waals surface area contributed by atoms with Gasteiger partial charge in [-0.3, -0.25) is 9.69 Å². The normalized spacial score (nSPS) is 14.2. The number of piperazine rings is 1. The van der Waals surface area contributed by atoms with Crippen LogP contribution in [0.3, 0.4) is 0 Å². The lowest BCUT2D eigenvalue weighted by molar-refractivity contribution is 0.0621. The highest BCUT2D eigenvalue weighted by molar-refractivity contribution is 5.92. The van der Waals surface area contributed by atoms with Crippen molar-refractivity contribution in [2.24, 2.45) is 0 Å². The van der Waals surface area contributed by atoms with E-state index in [-0.39, 0.29) is 11.7 Å². The molecule has 1 aliphatic heterocycles. The van der Waals surface area contributed by atoms with E-state index in [2.05, 4.69) is 10.00 Å². The molecule has 174 valence electrons. The van der Waals surface area contributed by atoms with Crippen LogP contribution in [0.2, 0.25) is 0 Å². The van der Waals surface area contributed by atoms with Gasteiger partial charge < -0.3 is 19.1 Å². The van der Waals surface area contributed by atoms with Crippen molar-refractivity contribution in [3.63, 3.8) is 0 Å². The van der Waals surface area contributed by atoms with E-state index in [0.717, 1.165) is 5.56 Å². The molecule has 0 aliphatic carbocycles. The van der Waals surface area contributed by atoms with E-state index in [1.807, 2.05) is 12.1 Å². The minimum atomic E-state index is -0.349. The van der Waals surface area contributed by atoms with Crippen molar-refractivity contribution >= 4 is 5.91 Å². The molecule has 0 spiro atoms. The summed E-state index contributed by atoms with van der Waals surface area (Å²) in [5, 5.41) is 4.34. The molecule has 0 N–H and O–H groups in total. The summed E-state index contributed by atoms with van der Waals surface area (Å²) in [6.07, 6.45) is 1.67. The molecule has 33 heavy (non-hydrogen) atoms. The molecule has 9 heteroatoms. The van der Waals surface area contributed by atoms with Gasteiger partial charge in [0.1, 0.15) is 5.82 Å². The number of rotatable bonds is 7. The molecule has 0 saturated carbocycles. The number of hydrogen-bond donors (Lipinski definition) is 0. The predicted octanol–water partition coefficient (Wildman–Crippen LogP) is 3.00. The van der Waals surface area contributed by atoms with E-state index in [1.54, 1.807) is 50.6 Å². The summed E-state index contributed by atoms with van der Waals surface area (Å²) < 4.78 is 31.4.